The lowest BCUT2D eigenvalue weighted by molar-refractivity contribution is -0.134. The van der Waals surface area contributed by atoms with E-state index in [4.69, 9.17) is 9.15 Å². The number of aryl methyl sites for hydroxylation is 1. The van der Waals surface area contributed by atoms with Gasteiger partial charge in [0.25, 0.3) is 0 Å². The lowest BCUT2D eigenvalue weighted by atomic mass is 10.0. The molecule has 0 aliphatic carbocycles. The number of furan rings is 1. The first-order valence-corrected chi connectivity index (χ1v) is 7.99. The molecule has 0 saturated carbocycles. The van der Waals surface area contributed by atoms with E-state index in [1.807, 2.05) is 42.3 Å². The lowest BCUT2D eigenvalue weighted by Crippen LogP contribution is -2.37. The Hall–Kier alpha value is -2.60. The number of carbonyl (C=O) groups excluding carboxylic acids is 2. The molecular formula is C19H24N2O4. The number of rotatable bonds is 6. The second-order valence-corrected chi connectivity index (χ2v) is 6.14. The summed E-state index contributed by atoms with van der Waals surface area (Å²) >= 11 is 0. The van der Waals surface area contributed by atoms with E-state index in [1.165, 1.54) is 7.11 Å². The fourth-order valence-electron chi connectivity index (χ4n) is 2.74. The molecule has 0 N–H and O–H groups in total. The third-order valence-electron chi connectivity index (χ3n) is 4.01. The quantitative estimate of drug-likeness (QED) is 0.754. The molecule has 1 amide bonds. The van der Waals surface area contributed by atoms with Crippen molar-refractivity contribution in [1.82, 2.24) is 9.80 Å². The molecule has 0 radical (unpaired) electrons. The Morgan fingerprint density at radius 3 is 2.36 bits per heavy atom. The van der Waals surface area contributed by atoms with Crippen LogP contribution in [-0.4, -0.2) is 49.9 Å². The Bertz CT molecular complexity index is 737. The van der Waals surface area contributed by atoms with Gasteiger partial charge in [-0.05, 0) is 25.6 Å². The summed E-state index contributed by atoms with van der Waals surface area (Å²) in [6, 6.07) is 10.8. The molecule has 25 heavy (non-hydrogen) atoms. The van der Waals surface area contributed by atoms with Crippen molar-refractivity contribution >= 4 is 11.9 Å². The van der Waals surface area contributed by atoms with Gasteiger partial charge in [0, 0.05) is 14.1 Å². The minimum absolute atomic E-state index is 0.0230. The maximum atomic E-state index is 12.7. The third-order valence-corrected chi connectivity index (χ3v) is 4.01. The fraction of sp³-hybridized carbons (Fsp3) is 0.368. The SMILES string of the molecule is COC(=O)c1cc(CN(C)C(C(=O)N(C)C)c2ccccc2)oc1C. The van der Waals surface area contributed by atoms with Gasteiger partial charge in [0.2, 0.25) is 5.91 Å². The van der Waals surface area contributed by atoms with Gasteiger partial charge >= 0.3 is 5.97 Å². The number of ether oxygens (including phenoxy) is 1. The molecule has 1 aromatic heterocycles. The highest BCUT2D eigenvalue weighted by molar-refractivity contribution is 5.90. The number of benzene rings is 1. The number of nitrogens with zero attached hydrogens (tertiary/aromatic N) is 2. The number of amides is 1. The van der Waals surface area contributed by atoms with Crippen LogP contribution in [0, 0.1) is 6.92 Å². The zero-order valence-corrected chi connectivity index (χ0v) is 15.3. The minimum atomic E-state index is -0.441. The second kappa shape index (κ2) is 7.98. The minimum Gasteiger partial charge on any atom is -0.465 e. The van der Waals surface area contributed by atoms with Crippen LogP contribution in [0.1, 0.15) is 33.5 Å². The largest absolute Gasteiger partial charge is 0.465 e. The number of likely N-dealkylation sites (N-methyl/N-ethyl adjacent to an activating group) is 2. The zero-order chi connectivity index (χ0) is 18.6. The van der Waals surface area contributed by atoms with E-state index in [-0.39, 0.29) is 5.91 Å². The summed E-state index contributed by atoms with van der Waals surface area (Å²) < 4.78 is 10.4. The maximum Gasteiger partial charge on any atom is 0.341 e. The van der Waals surface area contributed by atoms with Crippen LogP contribution in [0.5, 0.6) is 0 Å². The molecule has 0 bridgehead atoms. The van der Waals surface area contributed by atoms with Gasteiger partial charge in [-0.3, -0.25) is 9.69 Å². The Kier molecular flexibility index (Phi) is 5.98. The zero-order valence-electron chi connectivity index (χ0n) is 15.3. The van der Waals surface area contributed by atoms with Gasteiger partial charge in [0.15, 0.2) is 0 Å². The summed E-state index contributed by atoms with van der Waals surface area (Å²) in [7, 11) is 6.66. The Balaban J connectivity index is 2.27. The van der Waals surface area contributed by atoms with Gasteiger partial charge in [0.05, 0.1) is 13.7 Å². The van der Waals surface area contributed by atoms with Crippen molar-refractivity contribution in [2.24, 2.45) is 0 Å². The van der Waals surface area contributed by atoms with Gasteiger partial charge < -0.3 is 14.1 Å². The van der Waals surface area contributed by atoms with Crippen LogP contribution in [0.2, 0.25) is 0 Å². The summed E-state index contributed by atoms with van der Waals surface area (Å²) in [5, 5.41) is 0. The van der Waals surface area contributed by atoms with Crippen molar-refractivity contribution in [3.8, 4) is 0 Å². The molecule has 2 aromatic rings. The molecule has 6 heteroatoms. The topological polar surface area (TPSA) is 63.0 Å². The molecule has 134 valence electrons. The van der Waals surface area contributed by atoms with Gasteiger partial charge in [-0.25, -0.2) is 4.79 Å². The van der Waals surface area contributed by atoms with Gasteiger partial charge in [-0.1, -0.05) is 30.3 Å². The molecule has 0 spiro atoms. The van der Waals surface area contributed by atoms with Crippen molar-refractivity contribution in [1.29, 1.82) is 0 Å². The number of methoxy groups -OCH3 is 1. The van der Waals surface area contributed by atoms with Crippen molar-refractivity contribution in [2.45, 2.75) is 19.5 Å². The van der Waals surface area contributed by atoms with E-state index in [0.717, 1.165) is 5.56 Å². The third kappa shape index (κ3) is 4.28. The van der Waals surface area contributed by atoms with Crippen LogP contribution in [0.4, 0.5) is 0 Å². The molecular weight excluding hydrogens is 320 g/mol. The van der Waals surface area contributed by atoms with Crippen LogP contribution >= 0.6 is 0 Å². The average molecular weight is 344 g/mol. The molecule has 1 heterocycles. The molecule has 0 saturated heterocycles. The predicted molar refractivity (Wildman–Crippen MR) is 94.1 cm³/mol. The molecule has 0 aliphatic rings. The average Bonchev–Trinajstić information content (AvgIpc) is 2.95. The smallest absolute Gasteiger partial charge is 0.341 e. The summed E-state index contributed by atoms with van der Waals surface area (Å²) in [5.74, 6) is 0.655. The fourth-order valence-corrected chi connectivity index (χ4v) is 2.74. The first kappa shape index (κ1) is 18.7. The normalized spacial score (nSPS) is 12.1. The number of carbonyl (C=O) groups is 2. The number of hydrogen-bond donors (Lipinski definition) is 0. The Labute approximate surface area is 148 Å². The van der Waals surface area contributed by atoms with Gasteiger partial charge in [-0.15, -0.1) is 0 Å². The molecule has 6 nitrogen and oxygen atoms in total. The van der Waals surface area contributed by atoms with E-state index in [2.05, 4.69) is 0 Å². The van der Waals surface area contributed by atoms with Gasteiger partial charge in [0.1, 0.15) is 23.1 Å². The molecule has 0 fully saturated rings. The van der Waals surface area contributed by atoms with Crippen molar-refractivity contribution in [2.75, 3.05) is 28.3 Å². The molecule has 1 aromatic carbocycles. The first-order valence-electron chi connectivity index (χ1n) is 7.99. The van der Waals surface area contributed by atoms with Crippen LogP contribution in [-0.2, 0) is 16.1 Å². The van der Waals surface area contributed by atoms with Crippen molar-refractivity contribution in [3.05, 3.63) is 59.0 Å². The summed E-state index contributed by atoms with van der Waals surface area (Å²) in [5.41, 5.74) is 1.31. The standard InChI is InChI=1S/C19H24N2O4/c1-13-16(19(23)24-5)11-15(25-13)12-21(4)17(18(22)20(2)3)14-9-7-6-8-10-14/h6-11,17H,12H2,1-5H3. The van der Waals surface area contributed by atoms with E-state index >= 15 is 0 Å². The molecule has 2 rings (SSSR count). The van der Waals surface area contributed by atoms with E-state index in [0.29, 0.717) is 23.6 Å². The monoisotopic (exact) mass is 344 g/mol. The van der Waals surface area contributed by atoms with E-state index in [9.17, 15) is 9.59 Å². The van der Waals surface area contributed by atoms with E-state index in [1.54, 1.807) is 32.0 Å². The lowest BCUT2D eigenvalue weighted by Gasteiger charge is -2.29. The van der Waals surface area contributed by atoms with Crippen molar-refractivity contribution in [3.63, 3.8) is 0 Å². The highest BCUT2D eigenvalue weighted by atomic mass is 16.5. The molecule has 1 atom stereocenters. The van der Waals surface area contributed by atoms with Crippen LogP contribution < -0.4 is 0 Å². The summed E-state index contributed by atoms with van der Waals surface area (Å²) in [4.78, 5) is 27.9. The molecule has 0 aliphatic heterocycles. The highest BCUT2D eigenvalue weighted by Gasteiger charge is 2.27. The summed E-state index contributed by atoms with van der Waals surface area (Å²) in [6.45, 7) is 2.10. The van der Waals surface area contributed by atoms with E-state index < -0.39 is 12.0 Å². The van der Waals surface area contributed by atoms with Gasteiger partial charge in [-0.2, -0.15) is 0 Å². The second-order valence-electron chi connectivity index (χ2n) is 6.14. The van der Waals surface area contributed by atoms with Crippen molar-refractivity contribution < 1.29 is 18.7 Å². The Morgan fingerprint density at radius 1 is 1.16 bits per heavy atom. The predicted octanol–water partition coefficient (Wildman–Crippen LogP) is 2.64. The van der Waals surface area contributed by atoms with Crippen LogP contribution in [0.25, 0.3) is 0 Å². The maximum absolute atomic E-state index is 12.7. The van der Waals surface area contributed by atoms with Crippen LogP contribution in [0.3, 0.4) is 0 Å². The first-order chi connectivity index (χ1) is 11.8. The molecule has 1 unspecified atom stereocenters. The number of esters is 1. The highest BCUT2D eigenvalue weighted by Crippen LogP contribution is 2.25. The Morgan fingerprint density at radius 2 is 1.80 bits per heavy atom. The van der Waals surface area contributed by atoms with Crippen LogP contribution in [0.15, 0.2) is 40.8 Å². The summed E-state index contributed by atoms with van der Waals surface area (Å²) in [6.07, 6.45) is 0. The number of hydrogen-bond acceptors (Lipinski definition) is 5.